The molecule has 0 saturated carbocycles. The Morgan fingerprint density at radius 2 is 2.32 bits per heavy atom. The first-order chi connectivity index (χ1) is 9.15. The van der Waals surface area contributed by atoms with Gasteiger partial charge in [0.1, 0.15) is 0 Å². The quantitative estimate of drug-likeness (QED) is 0.901. The topological polar surface area (TPSA) is 45.2 Å². The van der Waals surface area contributed by atoms with Crippen LogP contribution in [0.1, 0.15) is 42.8 Å². The second-order valence-corrected chi connectivity index (χ2v) is 6.88. The molecule has 1 unspecified atom stereocenters. The first kappa shape index (κ1) is 13.1. The van der Waals surface area contributed by atoms with Crippen molar-refractivity contribution in [1.82, 2.24) is 15.2 Å². The highest BCUT2D eigenvalue weighted by molar-refractivity contribution is 7.09. The van der Waals surface area contributed by atoms with Gasteiger partial charge in [-0.15, -0.1) is 11.3 Å². The van der Waals surface area contributed by atoms with Gasteiger partial charge >= 0.3 is 0 Å². The molecule has 2 aliphatic heterocycles. The Kier molecular flexibility index (Phi) is 3.58. The van der Waals surface area contributed by atoms with E-state index in [1.807, 2.05) is 0 Å². The molecule has 0 aliphatic carbocycles. The van der Waals surface area contributed by atoms with E-state index in [9.17, 15) is 4.79 Å². The molecule has 0 bridgehead atoms. The maximum Gasteiger partial charge on any atom is 0.220 e. The normalized spacial score (nSPS) is 28.6. The van der Waals surface area contributed by atoms with Crippen molar-refractivity contribution in [3.63, 3.8) is 0 Å². The standard InChI is InChI=1S/C14H21N3OS/c1-11-15-12(10-19-11)9-17-7-2-4-14(6-8-17)5-3-13(18)16-14/h10H,2-9H2,1H3,(H,16,18). The van der Waals surface area contributed by atoms with Crippen LogP contribution in [-0.4, -0.2) is 34.4 Å². The first-order valence-electron chi connectivity index (χ1n) is 7.10. The van der Waals surface area contributed by atoms with Crippen molar-refractivity contribution >= 4 is 17.2 Å². The molecular formula is C14H21N3OS. The van der Waals surface area contributed by atoms with Crippen LogP contribution in [0, 0.1) is 6.92 Å². The maximum atomic E-state index is 11.5. The molecule has 1 aromatic heterocycles. The number of nitrogens with one attached hydrogen (secondary N) is 1. The lowest BCUT2D eigenvalue weighted by Crippen LogP contribution is -2.42. The number of aromatic nitrogens is 1. The number of rotatable bonds is 2. The van der Waals surface area contributed by atoms with E-state index in [0.29, 0.717) is 6.42 Å². The van der Waals surface area contributed by atoms with Crippen LogP contribution >= 0.6 is 11.3 Å². The third kappa shape index (κ3) is 2.98. The van der Waals surface area contributed by atoms with Crippen LogP contribution in [0.25, 0.3) is 0 Å². The highest BCUT2D eigenvalue weighted by Gasteiger charge is 2.38. The molecule has 2 saturated heterocycles. The van der Waals surface area contributed by atoms with Crippen molar-refractivity contribution in [2.24, 2.45) is 0 Å². The third-order valence-corrected chi connectivity index (χ3v) is 5.15. The van der Waals surface area contributed by atoms with Crippen molar-refractivity contribution in [3.05, 3.63) is 16.1 Å². The van der Waals surface area contributed by atoms with Gasteiger partial charge in [-0.3, -0.25) is 9.69 Å². The number of carbonyl (C=O) groups excluding carboxylic acids is 1. The zero-order valence-electron chi connectivity index (χ0n) is 11.4. The summed E-state index contributed by atoms with van der Waals surface area (Å²) in [7, 11) is 0. The van der Waals surface area contributed by atoms with Gasteiger partial charge in [0.05, 0.1) is 10.7 Å². The second kappa shape index (κ2) is 5.21. The summed E-state index contributed by atoms with van der Waals surface area (Å²) in [6.07, 6.45) is 5.12. The van der Waals surface area contributed by atoms with E-state index in [-0.39, 0.29) is 11.4 Å². The molecule has 0 aromatic carbocycles. The Morgan fingerprint density at radius 1 is 1.42 bits per heavy atom. The molecule has 1 atom stereocenters. The minimum atomic E-state index is 0.101. The average molecular weight is 279 g/mol. The average Bonchev–Trinajstić information content (AvgIpc) is 2.87. The highest BCUT2D eigenvalue weighted by atomic mass is 32.1. The predicted octanol–water partition coefficient (Wildman–Crippen LogP) is 2.09. The lowest BCUT2D eigenvalue weighted by Gasteiger charge is -2.27. The minimum Gasteiger partial charge on any atom is -0.351 e. The van der Waals surface area contributed by atoms with Gasteiger partial charge in [0, 0.05) is 30.4 Å². The van der Waals surface area contributed by atoms with Gasteiger partial charge in [0.2, 0.25) is 5.91 Å². The number of carbonyl (C=O) groups is 1. The number of likely N-dealkylation sites (tertiary alicyclic amines) is 1. The molecule has 3 rings (SSSR count). The summed E-state index contributed by atoms with van der Waals surface area (Å²) in [5, 5.41) is 6.52. The molecule has 2 aliphatic rings. The molecule has 1 N–H and O–H groups in total. The van der Waals surface area contributed by atoms with Gasteiger partial charge in [-0.25, -0.2) is 4.98 Å². The van der Waals surface area contributed by atoms with Crippen molar-refractivity contribution < 1.29 is 4.79 Å². The molecule has 1 amide bonds. The van der Waals surface area contributed by atoms with E-state index >= 15 is 0 Å². The Hall–Kier alpha value is -0.940. The van der Waals surface area contributed by atoms with Gasteiger partial charge in [-0.2, -0.15) is 0 Å². The van der Waals surface area contributed by atoms with Crippen molar-refractivity contribution in [3.8, 4) is 0 Å². The summed E-state index contributed by atoms with van der Waals surface area (Å²) < 4.78 is 0. The van der Waals surface area contributed by atoms with E-state index in [1.54, 1.807) is 11.3 Å². The Labute approximate surface area is 118 Å². The van der Waals surface area contributed by atoms with Gasteiger partial charge in [0.15, 0.2) is 0 Å². The highest BCUT2D eigenvalue weighted by Crippen LogP contribution is 2.31. The molecule has 1 aromatic rings. The number of hydrogen-bond acceptors (Lipinski definition) is 4. The van der Waals surface area contributed by atoms with Crippen LogP contribution < -0.4 is 5.32 Å². The maximum absolute atomic E-state index is 11.5. The van der Waals surface area contributed by atoms with Gasteiger partial charge in [-0.05, 0) is 39.2 Å². The van der Waals surface area contributed by atoms with E-state index in [2.05, 4.69) is 27.5 Å². The molecule has 3 heterocycles. The van der Waals surface area contributed by atoms with Gasteiger partial charge in [-0.1, -0.05) is 0 Å². The van der Waals surface area contributed by atoms with Gasteiger partial charge < -0.3 is 5.32 Å². The fourth-order valence-corrected chi connectivity index (χ4v) is 3.87. The number of hydrogen-bond donors (Lipinski definition) is 1. The zero-order valence-corrected chi connectivity index (χ0v) is 12.3. The molecule has 1 spiro atoms. The van der Waals surface area contributed by atoms with Crippen LogP contribution in [-0.2, 0) is 11.3 Å². The summed E-state index contributed by atoms with van der Waals surface area (Å²) in [6.45, 7) is 5.19. The SMILES string of the molecule is Cc1nc(CN2CCCC3(CCC(=O)N3)CC2)cs1. The van der Waals surface area contributed by atoms with Crippen molar-refractivity contribution in [2.75, 3.05) is 13.1 Å². The molecular weight excluding hydrogens is 258 g/mol. The second-order valence-electron chi connectivity index (χ2n) is 5.82. The molecule has 2 fully saturated rings. The lowest BCUT2D eigenvalue weighted by molar-refractivity contribution is -0.119. The van der Waals surface area contributed by atoms with E-state index in [0.717, 1.165) is 43.9 Å². The fourth-order valence-electron chi connectivity index (χ4n) is 3.27. The smallest absolute Gasteiger partial charge is 0.220 e. The molecule has 104 valence electrons. The fraction of sp³-hybridized carbons (Fsp3) is 0.714. The van der Waals surface area contributed by atoms with Gasteiger partial charge in [0.25, 0.3) is 0 Å². The number of aryl methyl sites for hydroxylation is 1. The Bertz CT molecular complexity index is 473. The number of thiazole rings is 1. The van der Waals surface area contributed by atoms with E-state index in [1.165, 1.54) is 12.1 Å². The van der Waals surface area contributed by atoms with Crippen molar-refractivity contribution in [2.45, 2.75) is 51.1 Å². The van der Waals surface area contributed by atoms with Crippen LogP contribution in [0.2, 0.25) is 0 Å². The van der Waals surface area contributed by atoms with Crippen LogP contribution in [0.4, 0.5) is 0 Å². The minimum absolute atomic E-state index is 0.101. The van der Waals surface area contributed by atoms with Crippen LogP contribution in [0.15, 0.2) is 5.38 Å². The van der Waals surface area contributed by atoms with E-state index < -0.39 is 0 Å². The largest absolute Gasteiger partial charge is 0.351 e. The molecule has 0 radical (unpaired) electrons. The van der Waals surface area contributed by atoms with Crippen LogP contribution in [0.3, 0.4) is 0 Å². The first-order valence-corrected chi connectivity index (χ1v) is 7.98. The zero-order chi connectivity index (χ0) is 13.3. The molecule has 4 nitrogen and oxygen atoms in total. The Balaban J connectivity index is 1.60. The van der Waals surface area contributed by atoms with E-state index in [4.69, 9.17) is 0 Å². The monoisotopic (exact) mass is 279 g/mol. The molecule has 19 heavy (non-hydrogen) atoms. The lowest BCUT2D eigenvalue weighted by atomic mass is 9.89. The summed E-state index contributed by atoms with van der Waals surface area (Å²) in [5.74, 6) is 0.239. The molecule has 5 heteroatoms. The predicted molar refractivity (Wildman–Crippen MR) is 76.1 cm³/mol. The number of nitrogens with zero attached hydrogens (tertiary/aromatic N) is 2. The number of amides is 1. The summed E-state index contributed by atoms with van der Waals surface area (Å²) in [5.41, 5.74) is 1.29. The Morgan fingerprint density at radius 3 is 3.00 bits per heavy atom. The summed E-state index contributed by atoms with van der Waals surface area (Å²) in [6, 6.07) is 0. The van der Waals surface area contributed by atoms with Crippen molar-refractivity contribution in [1.29, 1.82) is 0 Å². The van der Waals surface area contributed by atoms with Crippen LogP contribution in [0.5, 0.6) is 0 Å². The third-order valence-electron chi connectivity index (χ3n) is 4.32. The summed E-state index contributed by atoms with van der Waals surface area (Å²) >= 11 is 1.72. The summed E-state index contributed by atoms with van der Waals surface area (Å²) in [4.78, 5) is 18.5.